The van der Waals surface area contributed by atoms with E-state index in [9.17, 15) is 4.79 Å². The Kier molecular flexibility index (Phi) is 3.45. The third-order valence-corrected chi connectivity index (χ3v) is 6.27. The van der Waals surface area contributed by atoms with E-state index in [1.807, 2.05) is 24.3 Å². The minimum atomic E-state index is -0.452. The summed E-state index contributed by atoms with van der Waals surface area (Å²) in [4.78, 5) is 19.3. The topological polar surface area (TPSA) is 53.9 Å². The van der Waals surface area contributed by atoms with Crippen LogP contribution in [0.2, 0.25) is 0 Å². The number of carbonyl (C=O) groups is 1. The number of hydrogen-bond donors (Lipinski definition) is 1. The number of hydrogen-bond acceptors (Lipinski definition) is 5. The van der Waals surface area contributed by atoms with Gasteiger partial charge < -0.3 is 15.0 Å². The van der Waals surface area contributed by atoms with E-state index in [1.165, 1.54) is 9.28 Å². The molecule has 1 aromatic rings. The number of nitrogens with zero attached hydrogens (tertiary/aromatic N) is 2. The van der Waals surface area contributed by atoms with E-state index in [0.29, 0.717) is 0 Å². The van der Waals surface area contributed by atoms with Gasteiger partial charge in [0.15, 0.2) is 5.96 Å². The van der Waals surface area contributed by atoms with Crippen LogP contribution in [-0.4, -0.2) is 36.0 Å². The summed E-state index contributed by atoms with van der Waals surface area (Å²) in [7, 11) is 0. The van der Waals surface area contributed by atoms with Gasteiger partial charge in [0.25, 0.3) is 0 Å². The third kappa shape index (κ3) is 2.41. The van der Waals surface area contributed by atoms with Gasteiger partial charge in [-0.1, -0.05) is 24.3 Å². The molecule has 5 nitrogen and oxygen atoms in total. The molecule has 0 bridgehead atoms. The van der Waals surface area contributed by atoms with Gasteiger partial charge in [-0.15, -0.1) is 0 Å². The number of halogens is 1. The highest BCUT2D eigenvalue weighted by atomic mass is 127. The average Bonchev–Trinajstić information content (AvgIpc) is 3.16. The van der Waals surface area contributed by atoms with Crippen LogP contribution >= 0.6 is 22.6 Å². The highest BCUT2D eigenvalue weighted by molar-refractivity contribution is 14.1. The number of fused-ring (bicyclic) bond motifs is 3. The zero-order valence-electron chi connectivity index (χ0n) is 13.7. The molecule has 0 radical (unpaired) electrons. The number of benzene rings is 1. The lowest BCUT2D eigenvalue weighted by atomic mass is 9.84. The maximum Gasteiger partial charge on any atom is 0.339 e. The van der Waals surface area contributed by atoms with Crippen LogP contribution in [0.1, 0.15) is 35.2 Å². The molecule has 6 heteroatoms. The van der Waals surface area contributed by atoms with E-state index < -0.39 is 5.60 Å². The Morgan fingerprint density at radius 3 is 2.92 bits per heavy atom. The third-order valence-electron chi connectivity index (χ3n) is 5.52. The van der Waals surface area contributed by atoms with Crippen LogP contribution in [0.3, 0.4) is 0 Å². The Morgan fingerprint density at radius 1 is 1.28 bits per heavy atom. The molecular weight excluding hydrogens is 429 g/mol. The molecule has 0 saturated carbocycles. The minimum absolute atomic E-state index is 0.183. The molecule has 1 N–H and O–H groups in total. The van der Waals surface area contributed by atoms with Gasteiger partial charge in [-0.2, -0.15) is 0 Å². The van der Waals surface area contributed by atoms with E-state index in [2.05, 4.69) is 45.0 Å². The average molecular weight is 447 g/mol. The largest absolute Gasteiger partial charge is 0.450 e. The maximum absolute atomic E-state index is 12.2. The standard InChI is InChI=1S/C19H18IN3O2/c20-12-5-6-15-16(11-12)22-18(21-15)23-9-7-19(8-10-23)14-4-2-1-3-13(14)17(24)25-19/h1-5,11,15H,6-10H2,(H,21,22). The fourth-order valence-corrected chi connectivity index (χ4v) is 4.75. The number of ether oxygens (including phenoxy) is 1. The second kappa shape index (κ2) is 5.59. The molecule has 1 spiro atoms. The van der Waals surface area contributed by atoms with Gasteiger partial charge in [0, 0.05) is 40.8 Å². The van der Waals surface area contributed by atoms with Crippen molar-refractivity contribution in [1.29, 1.82) is 0 Å². The lowest BCUT2D eigenvalue weighted by molar-refractivity contribution is -0.0346. The predicted molar refractivity (Wildman–Crippen MR) is 104 cm³/mol. The second-order valence-electron chi connectivity index (χ2n) is 6.93. The summed E-state index contributed by atoms with van der Waals surface area (Å²) in [6, 6.07) is 8.02. The molecule has 0 aromatic heterocycles. The molecule has 1 aromatic carbocycles. The van der Waals surface area contributed by atoms with E-state index in [-0.39, 0.29) is 12.0 Å². The Labute approximate surface area is 160 Å². The van der Waals surface area contributed by atoms with Crippen LogP contribution < -0.4 is 5.32 Å². The highest BCUT2D eigenvalue weighted by Crippen LogP contribution is 2.44. The van der Waals surface area contributed by atoms with Gasteiger partial charge in [-0.3, -0.25) is 0 Å². The Morgan fingerprint density at radius 2 is 2.08 bits per heavy atom. The Bertz CT molecular complexity index is 850. The summed E-state index contributed by atoms with van der Waals surface area (Å²) < 4.78 is 7.10. The van der Waals surface area contributed by atoms with E-state index in [0.717, 1.165) is 49.4 Å². The van der Waals surface area contributed by atoms with Crippen LogP contribution in [0.25, 0.3) is 0 Å². The van der Waals surface area contributed by atoms with Crippen molar-refractivity contribution >= 4 is 34.5 Å². The van der Waals surface area contributed by atoms with Gasteiger partial charge in [0.05, 0.1) is 11.6 Å². The first-order valence-corrected chi connectivity index (χ1v) is 9.72. The number of guanidine groups is 1. The van der Waals surface area contributed by atoms with Crippen LogP contribution in [0.5, 0.6) is 0 Å². The molecule has 1 atom stereocenters. The van der Waals surface area contributed by atoms with Crippen molar-refractivity contribution in [3.8, 4) is 0 Å². The Balaban J connectivity index is 1.34. The number of likely N-dealkylation sites (tertiary alicyclic amines) is 1. The van der Waals surface area contributed by atoms with Crippen molar-refractivity contribution in [1.82, 2.24) is 10.2 Å². The molecule has 1 fully saturated rings. The quantitative estimate of drug-likeness (QED) is 0.491. The van der Waals surface area contributed by atoms with Crippen molar-refractivity contribution in [3.63, 3.8) is 0 Å². The number of nitrogens with one attached hydrogen (secondary N) is 1. The summed E-state index contributed by atoms with van der Waals surface area (Å²) in [5.41, 5.74) is 2.52. The van der Waals surface area contributed by atoms with Crippen molar-refractivity contribution in [2.24, 2.45) is 4.99 Å². The van der Waals surface area contributed by atoms with E-state index >= 15 is 0 Å². The molecule has 0 amide bonds. The first-order chi connectivity index (χ1) is 12.1. The zero-order valence-corrected chi connectivity index (χ0v) is 15.8. The number of piperidine rings is 1. The summed E-state index contributed by atoms with van der Waals surface area (Å²) in [6.45, 7) is 1.66. The SMILES string of the molecule is O=C1OC2(CCN(C3=NC4CC=C(I)C=C4N3)CC2)c2ccccc21. The highest BCUT2D eigenvalue weighted by Gasteiger charge is 2.47. The molecule has 1 aliphatic carbocycles. The number of aliphatic imine (C=N–C) groups is 1. The van der Waals surface area contributed by atoms with Gasteiger partial charge in [0.2, 0.25) is 0 Å². The van der Waals surface area contributed by atoms with Crippen LogP contribution in [-0.2, 0) is 10.3 Å². The van der Waals surface area contributed by atoms with Crippen molar-refractivity contribution in [2.45, 2.75) is 30.9 Å². The minimum Gasteiger partial charge on any atom is -0.450 e. The monoisotopic (exact) mass is 447 g/mol. The molecule has 4 aliphatic rings. The molecule has 3 aliphatic heterocycles. The van der Waals surface area contributed by atoms with Crippen LogP contribution in [0.4, 0.5) is 0 Å². The summed E-state index contributed by atoms with van der Waals surface area (Å²) in [5.74, 6) is 0.778. The second-order valence-corrected chi connectivity index (χ2v) is 8.18. The van der Waals surface area contributed by atoms with Gasteiger partial charge >= 0.3 is 5.97 Å². The number of allylic oxidation sites excluding steroid dienone is 2. The molecule has 3 heterocycles. The smallest absolute Gasteiger partial charge is 0.339 e. The molecule has 1 saturated heterocycles. The first kappa shape index (κ1) is 15.4. The van der Waals surface area contributed by atoms with Crippen molar-refractivity contribution in [3.05, 3.63) is 56.8 Å². The Hall–Kier alpha value is -1.83. The molecule has 128 valence electrons. The van der Waals surface area contributed by atoms with Crippen molar-refractivity contribution in [2.75, 3.05) is 13.1 Å². The predicted octanol–water partition coefficient (Wildman–Crippen LogP) is 3.08. The lowest BCUT2D eigenvalue weighted by Gasteiger charge is -2.39. The van der Waals surface area contributed by atoms with Crippen LogP contribution in [0, 0.1) is 0 Å². The number of carbonyl (C=O) groups excluding carboxylic acids is 1. The van der Waals surface area contributed by atoms with Gasteiger partial charge in [-0.25, -0.2) is 9.79 Å². The first-order valence-electron chi connectivity index (χ1n) is 8.64. The number of esters is 1. The normalized spacial score (nSPS) is 26.3. The summed E-state index contributed by atoms with van der Waals surface area (Å²) in [5, 5.41) is 3.48. The zero-order chi connectivity index (χ0) is 17.0. The molecule has 25 heavy (non-hydrogen) atoms. The van der Waals surface area contributed by atoms with Crippen LogP contribution in [0.15, 0.2) is 50.7 Å². The van der Waals surface area contributed by atoms with Gasteiger partial charge in [-0.05, 0) is 41.2 Å². The summed E-state index contributed by atoms with van der Waals surface area (Å²) >= 11 is 2.35. The molecular formula is C19H18IN3O2. The molecule has 5 rings (SSSR count). The van der Waals surface area contributed by atoms with Gasteiger partial charge in [0.1, 0.15) is 5.60 Å². The lowest BCUT2D eigenvalue weighted by Crippen LogP contribution is -2.48. The fourth-order valence-electron chi connectivity index (χ4n) is 4.16. The molecule has 1 unspecified atom stereocenters. The number of rotatable bonds is 0. The van der Waals surface area contributed by atoms with E-state index in [1.54, 1.807) is 0 Å². The van der Waals surface area contributed by atoms with E-state index in [4.69, 9.17) is 9.73 Å². The maximum atomic E-state index is 12.2. The van der Waals surface area contributed by atoms with Crippen molar-refractivity contribution < 1.29 is 9.53 Å². The fraction of sp³-hybridized carbons (Fsp3) is 0.368. The summed E-state index contributed by atoms with van der Waals surface area (Å²) in [6.07, 6.45) is 6.96.